The van der Waals surface area contributed by atoms with E-state index in [0.717, 1.165) is 26.2 Å². The average Bonchev–Trinajstić information content (AvgIpc) is 3.36. The Kier molecular flexibility index (Phi) is 6.80. The summed E-state index contributed by atoms with van der Waals surface area (Å²) in [6, 6.07) is 9.00. The Hall–Kier alpha value is -3.18. The topological polar surface area (TPSA) is 29.6 Å². The fraction of sp³-hybridized carbons (Fsp3) is 0.357. The fourth-order valence-corrected chi connectivity index (χ4v) is 5.02. The lowest BCUT2D eigenvalue weighted by Gasteiger charge is -2.07. The van der Waals surface area contributed by atoms with Crippen LogP contribution in [0.4, 0.5) is 0 Å². The van der Waals surface area contributed by atoms with Crippen molar-refractivity contribution in [2.45, 2.75) is 54.6 Å². The second kappa shape index (κ2) is 9.75. The number of hydrogen-bond donors (Lipinski definition) is 1. The van der Waals surface area contributed by atoms with Gasteiger partial charge >= 0.3 is 0 Å². The molecule has 1 N–H and O–H groups in total. The van der Waals surface area contributed by atoms with Gasteiger partial charge in [-0.2, -0.15) is 0 Å². The van der Waals surface area contributed by atoms with Gasteiger partial charge in [0.1, 0.15) is 49.3 Å². The van der Waals surface area contributed by atoms with E-state index < -0.39 is 0 Å². The summed E-state index contributed by atoms with van der Waals surface area (Å²) in [6.07, 6.45) is 13.0. The number of hydrogen-bond acceptors (Lipinski definition) is 1. The third-order valence-corrected chi connectivity index (χ3v) is 6.26. The summed E-state index contributed by atoms with van der Waals surface area (Å²) in [5.41, 5.74) is 10.5. The van der Waals surface area contributed by atoms with Gasteiger partial charge in [-0.1, -0.05) is 35.4 Å². The highest BCUT2D eigenvalue weighted by molar-refractivity contribution is 5.49. The van der Waals surface area contributed by atoms with Crippen LogP contribution in [0.2, 0.25) is 0 Å². The van der Waals surface area contributed by atoms with E-state index in [4.69, 9.17) is 0 Å². The quantitative estimate of drug-likeness (QED) is 0.324. The van der Waals surface area contributed by atoms with Gasteiger partial charge in [0.05, 0.1) is 0 Å². The molecule has 0 aliphatic rings. The summed E-state index contributed by atoms with van der Waals surface area (Å²) in [5, 5.41) is 3.58. The molecule has 0 saturated carbocycles. The van der Waals surface area contributed by atoms with Crippen LogP contribution in [0.3, 0.4) is 0 Å². The fourth-order valence-electron chi connectivity index (χ4n) is 5.02. The third-order valence-electron chi connectivity index (χ3n) is 6.26. The first kappa shape index (κ1) is 23.0. The van der Waals surface area contributed by atoms with E-state index in [1.165, 1.54) is 44.8 Å². The molecular formula is C28H37N5+2. The van der Waals surface area contributed by atoms with Crippen molar-refractivity contribution in [1.29, 1.82) is 0 Å². The third kappa shape index (κ3) is 5.25. The highest BCUT2D eigenvalue weighted by Crippen LogP contribution is 2.21. The summed E-state index contributed by atoms with van der Waals surface area (Å²) in [6.45, 7) is 16.8. The lowest BCUT2D eigenvalue weighted by molar-refractivity contribution is -0.697. The molecule has 0 aliphatic carbocycles. The first-order valence-corrected chi connectivity index (χ1v) is 11.8. The molecule has 5 heteroatoms. The normalized spacial score (nSPS) is 11.3. The second-order valence-corrected chi connectivity index (χ2v) is 9.36. The minimum atomic E-state index is 0.942. The van der Waals surface area contributed by atoms with E-state index in [1.54, 1.807) is 0 Å². The van der Waals surface area contributed by atoms with Gasteiger partial charge in [0.2, 0.25) is 12.7 Å². The van der Waals surface area contributed by atoms with Crippen LogP contribution in [0.1, 0.15) is 33.4 Å². The number of imidazole rings is 2. The van der Waals surface area contributed by atoms with E-state index in [1.807, 2.05) is 0 Å². The number of aromatic nitrogens is 4. The zero-order valence-electron chi connectivity index (χ0n) is 20.9. The maximum Gasteiger partial charge on any atom is 0.249 e. The van der Waals surface area contributed by atoms with E-state index in [9.17, 15) is 0 Å². The summed E-state index contributed by atoms with van der Waals surface area (Å²) in [4.78, 5) is 0. The van der Waals surface area contributed by atoms with E-state index >= 15 is 0 Å². The van der Waals surface area contributed by atoms with Crippen LogP contribution in [0, 0.1) is 41.5 Å². The first-order chi connectivity index (χ1) is 15.8. The molecule has 0 spiro atoms. The Balaban J connectivity index is 1.29. The van der Waals surface area contributed by atoms with Crippen LogP contribution in [-0.2, 0) is 13.1 Å². The Labute approximate surface area is 197 Å². The van der Waals surface area contributed by atoms with E-state index in [2.05, 4.69) is 127 Å². The molecule has 0 radical (unpaired) electrons. The Morgan fingerprint density at radius 1 is 0.606 bits per heavy atom. The van der Waals surface area contributed by atoms with Crippen molar-refractivity contribution >= 4 is 0 Å². The van der Waals surface area contributed by atoms with Crippen LogP contribution in [0.15, 0.2) is 61.7 Å². The lowest BCUT2D eigenvalue weighted by Crippen LogP contribution is -2.41. The largest absolute Gasteiger partial charge is 0.309 e. The van der Waals surface area contributed by atoms with Crippen LogP contribution in [-0.4, -0.2) is 22.2 Å². The maximum atomic E-state index is 3.58. The number of nitrogens with one attached hydrogen (secondary N) is 1. The van der Waals surface area contributed by atoms with Gasteiger partial charge in [0.15, 0.2) is 0 Å². The van der Waals surface area contributed by atoms with Crippen molar-refractivity contribution in [3.8, 4) is 11.4 Å². The predicted molar refractivity (Wildman–Crippen MR) is 133 cm³/mol. The molecule has 4 aromatic rings. The van der Waals surface area contributed by atoms with E-state index in [0.29, 0.717) is 0 Å². The Bertz CT molecular complexity index is 1120. The smallest absolute Gasteiger partial charge is 0.249 e. The van der Waals surface area contributed by atoms with E-state index in [-0.39, 0.29) is 0 Å². The lowest BCUT2D eigenvalue weighted by atomic mass is 10.1. The molecule has 0 atom stereocenters. The maximum absolute atomic E-state index is 3.58. The monoisotopic (exact) mass is 443 g/mol. The van der Waals surface area contributed by atoms with Crippen molar-refractivity contribution in [1.82, 2.24) is 14.5 Å². The van der Waals surface area contributed by atoms with Gasteiger partial charge in [-0.3, -0.25) is 0 Å². The van der Waals surface area contributed by atoms with Crippen LogP contribution in [0.25, 0.3) is 11.4 Å². The average molecular weight is 444 g/mol. The molecule has 0 saturated heterocycles. The van der Waals surface area contributed by atoms with Gasteiger partial charge in [-0.25, -0.2) is 18.3 Å². The highest BCUT2D eigenvalue weighted by atomic mass is 15.1. The van der Waals surface area contributed by atoms with Crippen molar-refractivity contribution in [3.63, 3.8) is 0 Å². The number of aryl methyl sites for hydroxylation is 6. The zero-order valence-corrected chi connectivity index (χ0v) is 20.9. The molecule has 4 rings (SSSR count). The molecule has 2 aromatic heterocycles. The van der Waals surface area contributed by atoms with Gasteiger partial charge in [-0.05, 0) is 63.8 Å². The van der Waals surface area contributed by atoms with Crippen molar-refractivity contribution in [2.75, 3.05) is 13.1 Å². The van der Waals surface area contributed by atoms with Crippen molar-refractivity contribution in [3.05, 3.63) is 95.1 Å². The summed E-state index contributed by atoms with van der Waals surface area (Å²) >= 11 is 0. The van der Waals surface area contributed by atoms with Crippen LogP contribution >= 0.6 is 0 Å². The van der Waals surface area contributed by atoms with Crippen molar-refractivity contribution < 1.29 is 9.13 Å². The molecule has 0 amide bonds. The second-order valence-electron chi connectivity index (χ2n) is 9.36. The molecular weight excluding hydrogens is 406 g/mol. The van der Waals surface area contributed by atoms with Crippen molar-refractivity contribution in [2.24, 2.45) is 0 Å². The van der Waals surface area contributed by atoms with Gasteiger partial charge in [-0.15, -0.1) is 0 Å². The van der Waals surface area contributed by atoms with Crippen LogP contribution < -0.4 is 14.5 Å². The minimum absolute atomic E-state index is 0.942. The molecule has 33 heavy (non-hydrogen) atoms. The van der Waals surface area contributed by atoms with Gasteiger partial charge < -0.3 is 5.32 Å². The standard InChI is InChI=1S/C28H37N5/c1-21-15-23(3)27(24(4)16-21)32-13-11-30(19-32)9-7-29-8-10-31-12-14-33(20-31)28-25(5)17-22(2)18-26(28)6/h11-20,29H,7-10H2,1-6H3/q+2. The minimum Gasteiger partial charge on any atom is -0.309 e. The van der Waals surface area contributed by atoms with Gasteiger partial charge in [0, 0.05) is 13.1 Å². The highest BCUT2D eigenvalue weighted by Gasteiger charge is 2.14. The molecule has 0 unspecified atom stereocenters. The van der Waals surface area contributed by atoms with Gasteiger partial charge in [0.25, 0.3) is 0 Å². The number of nitrogens with zero attached hydrogens (tertiary/aromatic N) is 4. The summed E-state index contributed by atoms with van der Waals surface area (Å²) in [5.74, 6) is 0. The van der Waals surface area contributed by atoms with Crippen LogP contribution in [0.5, 0.6) is 0 Å². The molecule has 2 heterocycles. The Morgan fingerprint density at radius 3 is 1.33 bits per heavy atom. The molecule has 0 fully saturated rings. The Morgan fingerprint density at radius 2 is 0.970 bits per heavy atom. The SMILES string of the molecule is Cc1cc(C)c(-n2cc[n+](CCNCC[n+]3ccn(-c4c(C)cc(C)cc4C)c3)c2)c(C)c1. The predicted octanol–water partition coefficient (Wildman–Crippen LogP) is 3.98. The number of rotatable bonds is 8. The zero-order chi connectivity index (χ0) is 23.5. The molecule has 172 valence electrons. The summed E-state index contributed by atoms with van der Waals surface area (Å²) in [7, 11) is 0. The molecule has 0 bridgehead atoms. The molecule has 0 aliphatic heterocycles. The molecule has 2 aromatic carbocycles. The summed E-state index contributed by atoms with van der Waals surface area (Å²) < 4.78 is 8.96. The first-order valence-electron chi connectivity index (χ1n) is 11.8. The number of benzene rings is 2. The molecule has 5 nitrogen and oxygen atoms in total.